The van der Waals surface area contributed by atoms with Crippen LogP contribution < -0.4 is 0 Å². The number of esters is 1. The number of nitrogens with zero attached hydrogens (tertiary/aromatic N) is 1. The number of fused-ring (bicyclic) bond motifs is 3. The maximum absolute atomic E-state index is 13.3. The quantitative estimate of drug-likeness (QED) is 0.548. The predicted molar refractivity (Wildman–Crippen MR) is 99.1 cm³/mol. The molecular formula is C19H22NO5P. The molecule has 1 saturated heterocycles. The number of rotatable bonds is 1. The molecule has 4 rings (SSSR count). The number of aromatic nitrogens is 1. The summed E-state index contributed by atoms with van der Waals surface area (Å²) in [7, 11) is -1.59. The van der Waals surface area contributed by atoms with Gasteiger partial charge in [-0.05, 0) is 13.0 Å². The minimum absolute atomic E-state index is 0.0613. The second-order valence-corrected chi connectivity index (χ2v) is 9.83. The molecule has 0 unspecified atom stereocenters. The minimum atomic E-state index is -3.42. The summed E-state index contributed by atoms with van der Waals surface area (Å²) in [6.07, 6.45) is 0. The highest BCUT2D eigenvalue weighted by molar-refractivity contribution is 7.58. The number of para-hydroxylation sites is 1. The number of allylic oxidation sites excluding steroid dienone is 1. The molecule has 0 amide bonds. The first-order chi connectivity index (χ1) is 12.2. The summed E-state index contributed by atoms with van der Waals surface area (Å²) in [5.41, 5.74) is 2.69. The van der Waals surface area contributed by atoms with Crippen LogP contribution in [0, 0.1) is 5.41 Å². The van der Waals surface area contributed by atoms with E-state index in [2.05, 4.69) is 0 Å². The Kier molecular flexibility index (Phi) is 3.92. The Morgan fingerprint density at radius 1 is 1.19 bits per heavy atom. The van der Waals surface area contributed by atoms with Crippen molar-refractivity contribution in [3.8, 4) is 0 Å². The van der Waals surface area contributed by atoms with Gasteiger partial charge in [-0.3, -0.25) is 4.57 Å². The number of carbonyl (C=O) groups is 1. The first-order valence-corrected chi connectivity index (χ1v) is 10.1. The summed E-state index contributed by atoms with van der Waals surface area (Å²) in [6.45, 7) is 6.54. The lowest BCUT2D eigenvalue weighted by Crippen LogP contribution is -2.30. The molecule has 7 heteroatoms. The van der Waals surface area contributed by atoms with E-state index in [-0.39, 0.29) is 18.0 Å². The number of ether oxygens (including phenoxy) is 1. The van der Waals surface area contributed by atoms with Gasteiger partial charge in [0.2, 0.25) is 0 Å². The van der Waals surface area contributed by atoms with Gasteiger partial charge in [-0.2, -0.15) is 0 Å². The van der Waals surface area contributed by atoms with Crippen LogP contribution in [0.1, 0.15) is 36.8 Å². The van der Waals surface area contributed by atoms with Gasteiger partial charge in [-0.15, -0.1) is 0 Å². The molecule has 0 spiro atoms. The molecule has 0 radical (unpaired) electrons. The minimum Gasteiger partial charge on any atom is -0.456 e. The highest BCUT2D eigenvalue weighted by Gasteiger charge is 2.41. The van der Waals surface area contributed by atoms with E-state index in [0.717, 1.165) is 16.5 Å². The van der Waals surface area contributed by atoms with Crippen LogP contribution in [-0.2, 0) is 25.4 Å². The molecule has 0 aliphatic carbocycles. The number of hydrogen-bond acceptors (Lipinski definition) is 5. The molecule has 0 bridgehead atoms. The molecule has 2 aromatic rings. The normalized spacial score (nSPS) is 23.5. The second kappa shape index (κ2) is 5.81. The van der Waals surface area contributed by atoms with E-state index in [9.17, 15) is 9.36 Å². The van der Waals surface area contributed by atoms with Crippen molar-refractivity contribution < 1.29 is 23.1 Å². The van der Waals surface area contributed by atoms with E-state index in [1.165, 1.54) is 0 Å². The topological polar surface area (TPSA) is 66.8 Å². The number of cyclic esters (lactones) is 1. The summed E-state index contributed by atoms with van der Waals surface area (Å²) in [6, 6.07) is 7.76. The van der Waals surface area contributed by atoms with E-state index in [1.807, 2.05) is 49.7 Å². The van der Waals surface area contributed by atoms with Gasteiger partial charge in [-0.1, -0.05) is 32.0 Å². The van der Waals surface area contributed by atoms with Gasteiger partial charge in [0, 0.05) is 39.8 Å². The van der Waals surface area contributed by atoms with Gasteiger partial charge < -0.3 is 18.4 Å². The summed E-state index contributed by atoms with van der Waals surface area (Å²) >= 11 is 0. The van der Waals surface area contributed by atoms with Crippen LogP contribution in [-0.4, -0.2) is 30.4 Å². The van der Waals surface area contributed by atoms with Crippen molar-refractivity contribution in [1.29, 1.82) is 0 Å². The fourth-order valence-electron chi connectivity index (χ4n) is 3.46. The molecule has 1 aromatic carbocycles. The van der Waals surface area contributed by atoms with Crippen molar-refractivity contribution in [3.63, 3.8) is 0 Å². The third-order valence-corrected chi connectivity index (χ3v) is 7.08. The monoisotopic (exact) mass is 375 g/mol. The van der Waals surface area contributed by atoms with Gasteiger partial charge in [0.25, 0.3) is 0 Å². The van der Waals surface area contributed by atoms with E-state index < -0.39 is 7.60 Å². The number of benzene rings is 1. The fourth-order valence-corrected chi connectivity index (χ4v) is 5.47. The zero-order chi connectivity index (χ0) is 18.7. The Labute approximate surface area is 152 Å². The van der Waals surface area contributed by atoms with Crippen LogP contribution in [0.3, 0.4) is 0 Å². The Bertz CT molecular complexity index is 987. The van der Waals surface area contributed by atoms with Crippen molar-refractivity contribution in [2.45, 2.75) is 20.8 Å². The Morgan fingerprint density at radius 3 is 2.54 bits per heavy atom. The smallest absolute Gasteiger partial charge is 0.357 e. The Morgan fingerprint density at radius 2 is 1.85 bits per heavy atom. The zero-order valence-corrected chi connectivity index (χ0v) is 16.3. The molecule has 1 aromatic heterocycles. The lowest BCUT2D eigenvalue weighted by molar-refractivity contribution is 0.0441. The molecule has 1 fully saturated rings. The Balaban J connectivity index is 1.91. The second-order valence-electron chi connectivity index (χ2n) is 7.65. The lowest BCUT2D eigenvalue weighted by atomic mass is 9.97. The molecule has 2 aliphatic heterocycles. The third kappa shape index (κ3) is 2.56. The van der Waals surface area contributed by atoms with Crippen LogP contribution in [0.4, 0.5) is 0 Å². The molecule has 0 N–H and O–H groups in total. The summed E-state index contributed by atoms with van der Waals surface area (Å²) in [5.74, 6) is -0.375. The first-order valence-electron chi connectivity index (χ1n) is 8.58. The van der Waals surface area contributed by atoms with E-state index in [0.29, 0.717) is 29.8 Å². The molecule has 2 aliphatic rings. The maximum atomic E-state index is 13.3. The van der Waals surface area contributed by atoms with Crippen LogP contribution in [0.15, 0.2) is 29.6 Å². The summed E-state index contributed by atoms with van der Waals surface area (Å²) in [5, 5.41) is 1.44. The predicted octanol–water partition coefficient (Wildman–Crippen LogP) is 4.35. The molecule has 138 valence electrons. The maximum Gasteiger partial charge on any atom is 0.357 e. The molecule has 3 heterocycles. The average molecular weight is 375 g/mol. The molecule has 26 heavy (non-hydrogen) atoms. The van der Waals surface area contributed by atoms with Gasteiger partial charge in [0.15, 0.2) is 0 Å². The van der Waals surface area contributed by atoms with Crippen LogP contribution >= 0.6 is 7.60 Å². The third-order valence-electron chi connectivity index (χ3n) is 5.05. The summed E-state index contributed by atoms with van der Waals surface area (Å²) in [4.78, 5) is 12.4. The SMILES string of the molecule is C/C(=C1/COC(=O)c2c1c1ccccc1n2C)P1(=O)OCC(C)(C)CO1. The molecule has 0 saturated carbocycles. The van der Waals surface area contributed by atoms with Gasteiger partial charge in [0.1, 0.15) is 12.3 Å². The van der Waals surface area contributed by atoms with Crippen LogP contribution in [0.25, 0.3) is 16.5 Å². The lowest BCUT2D eigenvalue weighted by Gasteiger charge is -2.35. The van der Waals surface area contributed by atoms with Crippen molar-refractivity contribution in [2.24, 2.45) is 12.5 Å². The average Bonchev–Trinajstić information content (AvgIpc) is 2.92. The van der Waals surface area contributed by atoms with E-state index in [1.54, 1.807) is 6.92 Å². The van der Waals surface area contributed by atoms with Crippen LogP contribution in [0.5, 0.6) is 0 Å². The van der Waals surface area contributed by atoms with Crippen molar-refractivity contribution in [1.82, 2.24) is 4.57 Å². The van der Waals surface area contributed by atoms with Crippen molar-refractivity contribution in [3.05, 3.63) is 40.8 Å². The van der Waals surface area contributed by atoms with Gasteiger partial charge in [0.05, 0.1) is 13.2 Å². The Hall–Kier alpha value is -1.88. The standard InChI is InChI=1S/C19H22NO5P/c1-12(26(22)24-10-19(2,3)11-25-26)14-9-23-18(21)17-16(14)13-7-5-6-8-15(13)20(17)4/h5-8H,9-11H2,1-4H3/b14-12+. The molecule has 6 nitrogen and oxygen atoms in total. The van der Waals surface area contributed by atoms with E-state index >= 15 is 0 Å². The van der Waals surface area contributed by atoms with Crippen molar-refractivity contribution >= 4 is 30.0 Å². The first kappa shape index (κ1) is 17.5. The molecule has 0 atom stereocenters. The fraction of sp³-hybridized carbons (Fsp3) is 0.421. The van der Waals surface area contributed by atoms with Crippen molar-refractivity contribution in [2.75, 3.05) is 19.8 Å². The highest BCUT2D eigenvalue weighted by Crippen LogP contribution is 2.62. The largest absolute Gasteiger partial charge is 0.456 e. The number of aryl methyl sites for hydroxylation is 1. The van der Waals surface area contributed by atoms with Gasteiger partial charge in [-0.25, -0.2) is 4.79 Å². The van der Waals surface area contributed by atoms with Crippen LogP contribution in [0.2, 0.25) is 0 Å². The summed E-state index contributed by atoms with van der Waals surface area (Å²) < 4.78 is 31.9. The zero-order valence-electron chi connectivity index (χ0n) is 15.4. The van der Waals surface area contributed by atoms with E-state index in [4.69, 9.17) is 13.8 Å². The number of carbonyl (C=O) groups excluding carboxylic acids is 1. The molecular weight excluding hydrogens is 353 g/mol. The van der Waals surface area contributed by atoms with Gasteiger partial charge >= 0.3 is 13.6 Å². The highest BCUT2D eigenvalue weighted by atomic mass is 31.2. The number of hydrogen-bond donors (Lipinski definition) is 0.